The first-order valence-electron chi connectivity index (χ1n) is 9.49. The van der Waals surface area contributed by atoms with Gasteiger partial charge in [0.25, 0.3) is 5.91 Å². The molecule has 0 heterocycles. The number of benzene rings is 3. The molecule has 3 aromatic rings. The lowest BCUT2D eigenvalue weighted by Crippen LogP contribution is -2.31. The number of methoxy groups -OCH3 is 1. The second-order valence-corrected chi connectivity index (χ2v) is 6.47. The molecule has 0 spiro atoms. The van der Waals surface area contributed by atoms with E-state index in [9.17, 15) is 9.59 Å². The molecule has 0 aliphatic heterocycles. The van der Waals surface area contributed by atoms with Crippen molar-refractivity contribution in [3.63, 3.8) is 0 Å². The number of ether oxygens (including phenoxy) is 3. The Morgan fingerprint density at radius 3 is 2.23 bits per heavy atom. The molecule has 154 valence electrons. The second kappa shape index (κ2) is 10.1. The van der Waals surface area contributed by atoms with E-state index in [1.54, 1.807) is 30.3 Å². The van der Waals surface area contributed by atoms with Gasteiger partial charge in [0.15, 0.2) is 12.7 Å². The van der Waals surface area contributed by atoms with Crippen molar-refractivity contribution in [2.75, 3.05) is 19.0 Å². The van der Waals surface area contributed by atoms with E-state index in [0.29, 0.717) is 17.2 Å². The maximum atomic E-state index is 12.3. The summed E-state index contributed by atoms with van der Waals surface area (Å²) in [5, 5.41) is 2.69. The molecular weight excluding hydrogens is 382 g/mol. The molecule has 30 heavy (non-hydrogen) atoms. The number of para-hydroxylation sites is 3. The van der Waals surface area contributed by atoms with Crippen molar-refractivity contribution in [1.82, 2.24) is 0 Å². The normalized spacial score (nSPS) is 11.3. The van der Waals surface area contributed by atoms with Crippen LogP contribution in [0.2, 0.25) is 0 Å². The second-order valence-electron chi connectivity index (χ2n) is 6.47. The smallest absolute Gasteiger partial charge is 0.344 e. The summed E-state index contributed by atoms with van der Waals surface area (Å²) in [7, 11) is 1.51. The molecule has 1 atom stereocenters. The van der Waals surface area contributed by atoms with Crippen molar-refractivity contribution in [2.24, 2.45) is 0 Å². The Labute approximate surface area is 175 Å². The van der Waals surface area contributed by atoms with E-state index >= 15 is 0 Å². The van der Waals surface area contributed by atoms with Crippen molar-refractivity contribution >= 4 is 17.6 Å². The molecule has 3 rings (SSSR count). The first-order chi connectivity index (χ1) is 14.6. The summed E-state index contributed by atoms with van der Waals surface area (Å²) in [6.45, 7) is 1.19. The van der Waals surface area contributed by atoms with Gasteiger partial charge in [-0.1, -0.05) is 60.7 Å². The van der Waals surface area contributed by atoms with E-state index in [4.69, 9.17) is 14.2 Å². The highest BCUT2D eigenvalue weighted by atomic mass is 16.6. The average Bonchev–Trinajstić information content (AvgIpc) is 2.78. The zero-order chi connectivity index (χ0) is 21.3. The van der Waals surface area contributed by atoms with Gasteiger partial charge in [0.05, 0.1) is 12.8 Å². The van der Waals surface area contributed by atoms with E-state index in [1.807, 2.05) is 48.5 Å². The van der Waals surface area contributed by atoms with Crippen molar-refractivity contribution in [1.29, 1.82) is 0 Å². The predicted molar refractivity (Wildman–Crippen MR) is 115 cm³/mol. The lowest BCUT2D eigenvalue weighted by atomic mass is 10.1. The zero-order valence-corrected chi connectivity index (χ0v) is 16.8. The molecule has 0 bridgehead atoms. The van der Waals surface area contributed by atoms with Crippen LogP contribution < -0.4 is 14.8 Å². The molecule has 0 unspecified atom stereocenters. The molecule has 0 radical (unpaired) electrons. The Kier molecular flexibility index (Phi) is 7.05. The van der Waals surface area contributed by atoms with Crippen molar-refractivity contribution < 1.29 is 23.8 Å². The number of carbonyl (C=O) groups excluding carboxylic acids is 2. The summed E-state index contributed by atoms with van der Waals surface area (Å²) >= 11 is 0. The SMILES string of the molecule is COc1ccccc1NC(=O)[C@@H](C)OC(=O)COc1ccccc1-c1ccccc1. The fourth-order valence-corrected chi connectivity index (χ4v) is 2.85. The first kappa shape index (κ1) is 20.9. The van der Waals surface area contributed by atoms with Gasteiger partial charge in [0.1, 0.15) is 11.5 Å². The van der Waals surface area contributed by atoms with Gasteiger partial charge >= 0.3 is 5.97 Å². The van der Waals surface area contributed by atoms with Crippen LogP contribution in [0, 0.1) is 0 Å². The minimum absolute atomic E-state index is 0.309. The van der Waals surface area contributed by atoms with Crippen molar-refractivity contribution in [3.05, 3.63) is 78.9 Å². The predicted octanol–water partition coefficient (Wildman–Crippen LogP) is 4.31. The van der Waals surface area contributed by atoms with Crippen LogP contribution in [0.25, 0.3) is 11.1 Å². The molecule has 6 nitrogen and oxygen atoms in total. The number of rotatable bonds is 8. The monoisotopic (exact) mass is 405 g/mol. The Bertz CT molecular complexity index is 1000. The number of esters is 1. The molecule has 0 aliphatic carbocycles. The van der Waals surface area contributed by atoms with Crippen molar-refractivity contribution in [2.45, 2.75) is 13.0 Å². The Hall–Kier alpha value is -3.80. The van der Waals surface area contributed by atoms with Crippen LogP contribution in [-0.4, -0.2) is 31.7 Å². The number of amides is 1. The fourth-order valence-electron chi connectivity index (χ4n) is 2.85. The van der Waals surface area contributed by atoms with Crippen LogP contribution in [0.5, 0.6) is 11.5 Å². The molecular formula is C24H23NO5. The highest BCUT2D eigenvalue weighted by Gasteiger charge is 2.20. The summed E-state index contributed by atoms with van der Waals surface area (Å²) in [5.74, 6) is -0.0184. The maximum Gasteiger partial charge on any atom is 0.344 e. The van der Waals surface area contributed by atoms with E-state index < -0.39 is 18.0 Å². The largest absolute Gasteiger partial charge is 0.495 e. The summed E-state index contributed by atoms with van der Waals surface area (Å²) in [6.07, 6.45) is -0.990. The van der Waals surface area contributed by atoms with Crippen LogP contribution in [0.1, 0.15) is 6.92 Å². The summed E-state index contributed by atoms with van der Waals surface area (Å²) in [6, 6.07) is 24.2. The highest BCUT2D eigenvalue weighted by Crippen LogP contribution is 2.29. The standard InChI is InChI=1S/C24H23NO5/c1-17(24(27)25-20-13-7-9-15-22(20)28-2)30-23(26)16-29-21-14-8-6-12-19(21)18-10-4-3-5-11-18/h3-15,17H,16H2,1-2H3,(H,25,27)/t17-/m1/s1. The Balaban J connectivity index is 1.57. The van der Waals surface area contributed by atoms with Crippen LogP contribution in [-0.2, 0) is 14.3 Å². The van der Waals surface area contributed by atoms with Crippen LogP contribution in [0.4, 0.5) is 5.69 Å². The molecule has 6 heteroatoms. The third-order valence-electron chi connectivity index (χ3n) is 4.36. The molecule has 0 saturated carbocycles. The Morgan fingerprint density at radius 2 is 1.50 bits per heavy atom. The van der Waals surface area contributed by atoms with Gasteiger partial charge in [-0.25, -0.2) is 4.79 Å². The zero-order valence-electron chi connectivity index (χ0n) is 16.8. The third kappa shape index (κ3) is 5.38. The average molecular weight is 405 g/mol. The lowest BCUT2D eigenvalue weighted by Gasteiger charge is -2.16. The number of carbonyl (C=O) groups is 2. The van der Waals surface area contributed by atoms with E-state index in [1.165, 1.54) is 14.0 Å². The van der Waals surface area contributed by atoms with Crippen molar-refractivity contribution in [3.8, 4) is 22.6 Å². The molecule has 0 aliphatic rings. The van der Waals surface area contributed by atoms with Crippen LogP contribution in [0.3, 0.4) is 0 Å². The molecule has 0 aromatic heterocycles. The quantitative estimate of drug-likeness (QED) is 0.565. The topological polar surface area (TPSA) is 73.9 Å². The maximum absolute atomic E-state index is 12.3. The highest BCUT2D eigenvalue weighted by molar-refractivity contribution is 5.96. The summed E-state index contributed by atoms with van der Waals surface area (Å²) in [5.41, 5.74) is 2.35. The number of hydrogen-bond donors (Lipinski definition) is 1. The first-order valence-corrected chi connectivity index (χ1v) is 9.49. The molecule has 1 amide bonds. The van der Waals surface area contributed by atoms with Gasteiger partial charge in [0, 0.05) is 5.56 Å². The van der Waals surface area contributed by atoms with Crippen LogP contribution >= 0.6 is 0 Å². The van der Waals surface area contributed by atoms with E-state index in [0.717, 1.165) is 11.1 Å². The molecule has 0 fully saturated rings. The van der Waals surface area contributed by atoms with Gasteiger partial charge in [0.2, 0.25) is 0 Å². The minimum Gasteiger partial charge on any atom is -0.495 e. The Morgan fingerprint density at radius 1 is 0.867 bits per heavy atom. The number of anilines is 1. The molecule has 0 saturated heterocycles. The summed E-state index contributed by atoms with van der Waals surface area (Å²) < 4.78 is 16.1. The molecule has 1 N–H and O–H groups in total. The van der Waals surface area contributed by atoms with E-state index in [2.05, 4.69) is 5.32 Å². The molecule has 3 aromatic carbocycles. The van der Waals surface area contributed by atoms with Gasteiger partial charge in [-0.2, -0.15) is 0 Å². The van der Waals surface area contributed by atoms with Gasteiger partial charge in [-0.05, 0) is 30.7 Å². The minimum atomic E-state index is -0.990. The van der Waals surface area contributed by atoms with Crippen LogP contribution in [0.15, 0.2) is 78.9 Å². The lowest BCUT2D eigenvalue weighted by molar-refractivity contribution is -0.155. The third-order valence-corrected chi connectivity index (χ3v) is 4.36. The van der Waals surface area contributed by atoms with Gasteiger partial charge in [-0.15, -0.1) is 0 Å². The summed E-state index contributed by atoms with van der Waals surface area (Å²) in [4.78, 5) is 24.5. The van der Waals surface area contributed by atoms with E-state index in [-0.39, 0.29) is 6.61 Å². The number of hydrogen-bond acceptors (Lipinski definition) is 5. The number of nitrogens with one attached hydrogen (secondary N) is 1. The van der Waals surface area contributed by atoms with Gasteiger partial charge < -0.3 is 19.5 Å². The fraction of sp³-hybridized carbons (Fsp3) is 0.167. The van der Waals surface area contributed by atoms with Gasteiger partial charge in [-0.3, -0.25) is 4.79 Å².